The smallest absolute Gasteiger partial charge is 0.141 e. The molecule has 0 radical (unpaired) electrons. The summed E-state index contributed by atoms with van der Waals surface area (Å²) in [7, 11) is 0. The Morgan fingerprint density at radius 3 is 2.56 bits per heavy atom. The van der Waals surface area contributed by atoms with Gasteiger partial charge in [0.1, 0.15) is 5.82 Å². The van der Waals surface area contributed by atoms with Gasteiger partial charge in [-0.1, -0.05) is 31.5 Å². The Bertz CT molecular complexity index is 384. The van der Waals surface area contributed by atoms with Crippen molar-refractivity contribution in [3.8, 4) is 0 Å². The second-order valence-electron chi connectivity index (χ2n) is 5.09. The van der Waals surface area contributed by atoms with Gasteiger partial charge in [0, 0.05) is 12.6 Å². The molecule has 0 aliphatic carbocycles. The van der Waals surface area contributed by atoms with E-state index < -0.39 is 5.82 Å². The van der Waals surface area contributed by atoms with E-state index in [9.17, 15) is 9.50 Å². The molecule has 102 valence electrons. The van der Waals surface area contributed by atoms with E-state index in [1.54, 1.807) is 12.1 Å². The summed E-state index contributed by atoms with van der Waals surface area (Å²) in [6, 6.07) is 4.71. The number of rotatable bonds is 6. The average molecular weight is 274 g/mol. The minimum atomic E-state index is -0.410. The maximum Gasteiger partial charge on any atom is 0.141 e. The fourth-order valence-corrected chi connectivity index (χ4v) is 2.03. The Balaban J connectivity index is 2.49. The minimum Gasteiger partial charge on any atom is -0.392 e. The van der Waals surface area contributed by atoms with E-state index >= 15 is 0 Å². The standard InChI is InChI=1S/C14H21ClFNO/c1-9(2)6-12(18)8-17-10(3)11-4-5-14(16)13(15)7-11/h4-5,7,9-10,12,17-18H,6,8H2,1-3H3. The molecular weight excluding hydrogens is 253 g/mol. The second kappa shape index (κ2) is 7.07. The van der Waals surface area contributed by atoms with Crippen LogP contribution in [0.3, 0.4) is 0 Å². The van der Waals surface area contributed by atoms with E-state index in [0.29, 0.717) is 12.5 Å². The zero-order valence-electron chi connectivity index (χ0n) is 11.1. The molecule has 1 rings (SSSR count). The highest BCUT2D eigenvalue weighted by molar-refractivity contribution is 6.30. The summed E-state index contributed by atoms with van der Waals surface area (Å²) < 4.78 is 13.0. The maximum atomic E-state index is 13.0. The van der Waals surface area contributed by atoms with Crippen molar-refractivity contribution < 1.29 is 9.50 Å². The summed E-state index contributed by atoms with van der Waals surface area (Å²) in [5.74, 6) is 0.0600. The molecule has 2 unspecified atom stereocenters. The number of halogens is 2. The summed E-state index contributed by atoms with van der Waals surface area (Å²) in [5.41, 5.74) is 0.915. The lowest BCUT2D eigenvalue weighted by molar-refractivity contribution is 0.143. The van der Waals surface area contributed by atoms with Gasteiger partial charge >= 0.3 is 0 Å². The van der Waals surface area contributed by atoms with Gasteiger partial charge in [-0.2, -0.15) is 0 Å². The molecule has 4 heteroatoms. The van der Waals surface area contributed by atoms with Gasteiger partial charge in [0.15, 0.2) is 0 Å². The highest BCUT2D eigenvalue weighted by Crippen LogP contribution is 2.20. The summed E-state index contributed by atoms with van der Waals surface area (Å²) in [5, 5.41) is 13.1. The molecule has 1 aromatic rings. The lowest BCUT2D eigenvalue weighted by atomic mass is 10.0. The van der Waals surface area contributed by atoms with E-state index in [1.807, 2.05) is 6.92 Å². The van der Waals surface area contributed by atoms with Gasteiger partial charge in [-0.25, -0.2) is 4.39 Å². The van der Waals surface area contributed by atoms with Crippen LogP contribution in [0.15, 0.2) is 18.2 Å². The molecule has 0 aliphatic rings. The number of nitrogens with one attached hydrogen (secondary N) is 1. The zero-order valence-corrected chi connectivity index (χ0v) is 11.8. The van der Waals surface area contributed by atoms with Crippen LogP contribution in [0, 0.1) is 11.7 Å². The first-order chi connectivity index (χ1) is 8.40. The van der Waals surface area contributed by atoms with Crippen molar-refractivity contribution in [2.75, 3.05) is 6.54 Å². The van der Waals surface area contributed by atoms with Gasteiger partial charge in [0.2, 0.25) is 0 Å². The lowest BCUT2D eigenvalue weighted by Gasteiger charge is -2.19. The molecule has 0 bridgehead atoms. The van der Waals surface area contributed by atoms with Crippen LogP contribution in [-0.4, -0.2) is 17.8 Å². The molecule has 0 saturated heterocycles. The predicted molar refractivity (Wildman–Crippen MR) is 73.3 cm³/mol. The Labute approximate surface area is 113 Å². The number of aliphatic hydroxyl groups is 1. The summed E-state index contributed by atoms with van der Waals surface area (Å²) in [6.45, 7) is 6.64. The molecule has 0 spiro atoms. The topological polar surface area (TPSA) is 32.3 Å². The van der Waals surface area contributed by atoms with Crippen LogP contribution in [0.1, 0.15) is 38.8 Å². The van der Waals surface area contributed by atoms with Crippen LogP contribution in [-0.2, 0) is 0 Å². The maximum absolute atomic E-state index is 13.0. The normalized spacial score (nSPS) is 14.8. The molecule has 2 nitrogen and oxygen atoms in total. The summed E-state index contributed by atoms with van der Waals surface area (Å²) in [4.78, 5) is 0. The third-order valence-corrected chi connectivity index (χ3v) is 3.14. The van der Waals surface area contributed by atoms with Crippen molar-refractivity contribution in [2.24, 2.45) is 5.92 Å². The first-order valence-corrected chi connectivity index (χ1v) is 6.64. The van der Waals surface area contributed by atoms with Crippen molar-refractivity contribution in [3.05, 3.63) is 34.6 Å². The van der Waals surface area contributed by atoms with Crippen molar-refractivity contribution >= 4 is 11.6 Å². The molecule has 0 amide bonds. The highest BCUT2D eigenvalue weighted by Gasteiger charge is 2.11. The third kappa shape index (κ3) is 4.92. The fourth-order valence-electron chi connectivity index (χ4n) is 1.84. The molecule has 2 atom stereocenters. The lowest BCUT2D eigenvalue weighted by Crippen LogP contribution is -2.30. The Morgan fingerprint density at radius 2 is 2.00 bits per heavy atom. The zero-order chi connectivity index (χ0) is 13.7. The van der Waals surface area contributed by atoms with Crippen LogP contribution < -0.4 is 5.32 Å². The summed E-state index contributed by atoms with van der Waals surface area (Å²) in [6.07, 6.45) is 0.410. The van der Waals surface area contributed by atoms with Gasteiger partial charge in [-0.15, -0.1) is 0 Å². The van der Waals surface area contributed by atoms with Crippen molar-refractivity contribution in [2.45, 2.75) is 39.3 Å². The van der Waals surface area contributed by atoms with Gasteiger partial charge in [-0.05, 0) is 37.0 Å². The number of hydrogen-bond acceptors (Lipinski definition) is 2. The molecule has 0 heterocycles. The van der Waals surface area contributed by atoms with E-state index in [4.69, 9.17) is 11.6 Å². The van der Waals surface area contributed by atoms with Crippen molar-refractivity contribution in [1.29, 1.82) is 0 Å². The second-order valence-corrected chi connectivity index (χ2v) is 5.49. The highest BCUT2D eigenvalue weighted by atomic mass is 35.5. The van der Waals surface area contributed by atoms with Crippen LogP contribution in [0.5, 0.6) is 0 Å². The molecule has 0 saturated carbocycles. The quantitative estimate of drug-likeness (QED) is 0.831. The number of benzene rings is 1. The molecule has 1 aromatic carbocycles. The Kier molecular flexibility index (Phi) is 6.06. The molecule has 2 N–H and O–H groups in total. The number of aliphatic hydroxyl groups excluding tert-OH is 1. The predicted octanol–water partition coefficient (Wildman–Crippen LogP) is 3.54. The Morgan fingerprint density at radius 1 is 1.33 bits per heavy atom. The van der Waals surface area contributed by atoms with Gasteiger partial charge < -0.3 is 10.4 Å². The minimum absolute atomic E-state index is 0.0323. The molecular formula is C14H21ClFNO. The van der Waals surface area contributed by atoms with Gasteiger partial charge in [0.05, 0.1) is 11.1 Å². The van der Waals surface area contributed by atoms with Crippen LogP contribution in [0.2, 0.25) is 5.02 Å². The van der Waals surface area contributed by atoms with Gasteiger partial charge in [-0.3, -0.25) is 0 Å². The largest absolute Gasteiger partial charge is 0.392 e. The van der Waals surface area contributed by atoms with Crippen molar-refractivity contribution in [1.82, 2.24) is 5.32 Å². The molecule has 18 heavy (non-hydrogen) atoms. The van der Waals surface area contributed by atoms with Gasteiger partial charge in [0.25, 0.3) is 0 Å². The van der Waals surface area contributed by atoms with E-state index in [0.717, 1.165) is 12.0 Å². The monoisotopic (exact) mass is 273 g/mol. The van der Waals surface area contributed by atoms with Crippen LogP contribution in [0.4, 0.5) is 4.39 Å². The molecule has 0 aliphatic heterocycles. The first kappa shape index (κ1) is 15.4. The van der Waals surface area contributed by atoms with Crippen LogP contribution in [0.25, 0.3) is 0 Å². The van der Waals surface area contributed by atoms with Crippen LogP contribution >= 0.6 is 11.6 Å². The number of hydrogen-bond donors (Lipinski definition) is 2. The first-order valence-electron chi connectivity index (χ1n) is 6.26. The summed E-state index contributed by atoms with van der Waals surface area (Å²) >= 11 is 5.74. The molecule has 0 fully saturated rings. The average Bonchev–Trinajstić information content (AvgIpc) is 2.28. The molecule has 0 aromatic heterocycles. The SMILES string of the molecule is CC(C)CC(O)CNC(C)c1ccc(F)c(Cl)c1. The van der Waals surface area contributed by atoms with E-state index in [2.05, 4.69) is 19.2 Å². The third-order valence-electron chi connectivity index (χ3n) is 2.85. The van der Waals surface area contributed by atoms with Crippen molar-refractivity contribution in [3.63, 3.8) is 0 Å². The Hall–Kier alpha value is -0.640. The van der Waals surface area contributed by atoms with E-state index in [1.165, 1.54) is 6.07 Å². The van der Waals surface area contributed by atoms with E-state index in [-0.39, 0.29) is 17.2 Å². The fraction of sp³-hybridized carbons (Fsp3) is 0.571.